The average molecular weight is 292 g/mol. The predicted octanol–water partition coefficient (Wildman–Crippen LogP) is 2.68. The zero-order valence-corrected chi connectivity index (χ0v) is 13.6. The summed E-state index contributed by atoms with van der Waals surface area (Å²) in [5, 5.41) is 15.1. The van der Waals surface area contributed by atoms with Gasteiger partial charge in [-0.3, -0.25) is 4.68 Å². The Balaban J connectivity index is 1.57. The lowest BCUT2D eigenvalue weighted by Crippen LogP contribution is -2.47. The molecule has 21 heavy (non-hydrogen) atoms. The molecular formula is C17H28N2O2. The molecule has 0 aromatic carbocycles. The molecular weight excluding hydrogens is 264 g/mol. The van der Waals surface area contributed by atoms with E-state index in [0.717, 1.165) is 38.0 Å². The third kappa shape index (κ3) is 2.88. The maximum atomic E-state index is 10.6. The van der Waals surface area contributed by atoms with Gasteiger partial charge in [0, 0.05) is 19.3 Å². The standard InChI is InChI=1S/C17H28N2O2/c1-12-15(13(2)19(3)18-12)5-6-16(20)14-7-10-21-17(11-14)8-4-9-17/h14,16,20H,4-11H2,1-3H3. The second-order valence-corrected chi connectivity index (χ2v) is 7.02. The largest absolute Gasteiger partial charge is 0.393 e. The van der Waals surface area contributed by atoms with Crippen LogP contribution in [0.15, 0.2) is 0 Å². The molecule has 2 heterocycles. The molecule has 2 fully saturated rings. The van der Waals surface area contributed by atoms with Gasteiger partial charge in [-0.1, -0.05) is 0 Å². The van der Waals surface area contributed by atoms with Crippen LogP contribution in [-0.4, -0.2) is 33.2 Å². The van der Waals surface area contributed by atoms with Crippen molar-refractivity contribution < 1.29 is 9.84 Å². The highest BCUT2D eigenvalue weighted by molar-refractivity contribution is 5.24. The van der Waals surface area contributed by atoms with Gasteiger partial charge in [0.05, 0.1) is 17.4 Å². The van der Waals surface area contributed by atoms with Crippen LogP contribution in [-0.2, 0) is 18.2 Å². The van der Waals surface area contributed by atoms with Crippen molar-refractivity contribution in [2.45, 2.75) is 70.5 Å². The normalized spacial score (nSPS) is 25.8. The van der Waals surface area contributed by atoms with E-state index >= 15 is 0 Å². The number of aryl methyl sites for hydroxylation is 2. The van der Waals surface area contributed by atoms with E-state index < -0.39 is 0 Å². The molecule has 1 aliphatic heterocycles. The SMILES string of the molecule is Cc1nn(C)c(C)c1CCC(O)C1CCOC2(CCC2)C1. The van der Waals surface area contributed by atoms with Gasteiger partial charge < -0.3 is 9.84 Å². The third-order valence-electron chi connectivity index (χ3n) is 5.69. The zero-order chi connectivity index (χ0) is 15.0. The fourth-order valence-electron chi connectivity index (χ4n) is 4.02. The molecule has 1 aromatic rings. The Morgan fingerprint density at radius 2 is 2.19 bits per heavy atom. The number of rotatable bonds is 4. The summed E-state index contributed by atoms with van der Waals surface area (Å²) in [6.07, 6.45) is 7.30. The van der Waals surface area contributed by atoms with Crippen molar-refractivity contribution in [2.75, 3.05) is 6.61 Å². The van der Waals surface area contributed by atoms with Crippen LogP contribution in [0.3, 0.4) is 0 Å². The molecule has 1 saturated heterocycles. The Morgan fingerprint density at radius 1 is 1.43 bits per heavy atom. The first-order valence-corrected chi connectivity index (χ1v) is 8.32. The third-order valence-corrected chi connectivity index (χ3v) is 5.69. The summed E-state index contributed by atoms with van der Waals surface area (Å²) in [5.41, 5.74) is 3.76. The number of aliphatic hydroxyl groups is 1. The van der Waals surface area contributed by atoms with Crippen molar-refractivity contribution in [3.05, 3.63) is 17.0 Å². The van der Waals surface area contributed by atoms with E-state index in [1.165, 1.54) is 30.5 Å². The van der Waals surface area contributed by atoms with Crippen LogP contribution in [0.1, 0.15) is 55.5 Å². The summed E-state index contributed by atoms with van der Waals surface area (Å²) in [6.45, 7) is 5.00. The topological polar surface area (TPSA) is 47.3 Å². The molecule has 118 valence electrons. The molecule has 0 amide bonds. The molecule has 1 spiro atoms. The summed E-state index contributed by atoms with van der Waals surface area (Å²) < 4.78 is 7.90. The molecule has 1 saturated carbocycles. The number of hydrogen-bond acceptors (Lipinski definition) is 3. The lowest BCUT2D eigenvalue weighted by Gasteiger charge is -2.48. The summed E-state index contributed by atoms with van der Waals surface area (Å²) in [5.74, 6) is 0.413. The lowest BCUT2D eigenvalue weighted by atomic mass is 9.70. The quantitative estimate of drug-likeness (QED) is 0.928. The minimum Gasteiger partial charge on any atom is -0.393 e. The van der Waals surface area contributed by atoms with Crippen molar-refractivity contribution in [1.82, 2.24) is 9.78 Å². The van der Waals surface area contributed by atoms with E-state index in [-0.39, 0.29) is 11.7 Å². The summed E-state index contributed by atoms with van der Waals surface area (Å²) in [7, 11) is 1.99. The molecule has 0 radical (unpaired) electrons. The number of aliphatic hydroxyl groups excluding tert-OH is 1. The van der Waals surface area contributed by atoms with E-state index in [4.69, 9.17) is 4.74 Å². The van der Waals surface area contributed by atoms with Gasteiger partial charge in [0.2, 0.25) is 0 Å². The molecule has 2 unspecified atom stereocenters. The molecule has 1 aliphatic carbocycles. The lowest BCUT2D eigenvalue weighted by molar-refractivity contribution is -0.157. The molecule has 1 aromatic heterocycles. The molecule has 0 bridgehead atoms. The van der Waals surface area contributed by atoms with Gasteiger partial charge in [-0.25, -0.2) is 0 Å². The Kier molecular flexibility index (Phi) is 4.10. The smallest absolute Gasteiger partial charge is 0.0686 e. The summed E-state index contributed by atoms with van der Waals surface area (Å²) >= 11 is 0. The highest BCUT2D eigenvalue weighted by atomic mass is 16.5. The van der Waals surface area contributed by atoms with Crippen LogP contribution in [0.2, 0.25) is 0 Å². The minimum atomic E-state index is -0.203. The fraction of sp³-hybridized carbons (Fsp3) is 0.824. The Hall–Kier alpha value is -0.870. The first-order chi connectivity index (χ1) is 10.0. The highest BCUT2D eigenvalue weighted by Gasteiger charge is 2.43. The van der Waals surface area contributed by atoms with Gasteiger partial charge in [0.25, 0.3) is 0 Å². The monoisotopic (exact) mass is 292 g/mol. The highest BCUT2D eigenvalue weighted by Crippen LogP contribution is 2.45. The van der Waals surface area contributed by atoms with E-state index in [9.17, 15) is 5.11 Å². The number of ether oxygens (including phenoxy) is 1. The maximum absolute atomic E-state index is 10.6. The average Bonchev–Trinajstić information content (AvgIpc) is 2.68. The van der Waals surface area contributed by atoms with Gasteiger partial charge in [-0.15, -0.1) is 0 Å². The van der Waals surface area contributed by atoms with Crippen molar-refractivity contribution in [1.29, 1.82) is 0 Å². The number of nitrogens with zero attached hydrogens (tertiary/aromatic N) is 2. The first kappa shape index (κ1) is 15.0. The van der Waals surface area contributed by atoms with Crippen LogP contribution in [0, 0.1) is 19.8 Å². The Bertz CT molecular complexity index is 505. The maximum Gasteiger partial charge on any atom is 0.0686 e. The van der Waals surface area contributed by atoms with Gasteiger partial charge in [0.15, 0.2) is 0 Å². The molecule has 2 aliphatic rings. The second kappa shape index (κ2) is 5.73. The zero-order valence-electron chi connectivity index (χ0n) is 13.6. The molecule has 2 atom stereocenters. The number of hydrogen-bond donors (Lipinski definition) is 1. The first-order valence-electron chi connectivity index (χ1n) is 8.32. The van der Waals surface area contributed by atoms with Crippen LogP contribution in [0.5, 0.6) is 0 Å². The van der Waals surface area contributed by atoms with Gasteiger partial charge in [-0.2, -0.15) is 5.10 Å². The van der Waals surface area contributed by atoms with Crippen LogP contribution < -0.4 is 0 Å². The molecule has 3 rings (SSSR count). The van der Waals surface area contributed by atoms with Gasteiger partial charge in [0.1, 0.15) is 0 Å². The van der Waals surface area contributed by atoms with E-state index in [1.807, 2.05) is 11.7 Å². The van der Waals surface area contributed by atoms with Crippen LogP contribution in [0.25, 0.3) is 0 Å². The van der Waals surface area contributed by atoms with Crippen molar-refractivity contribution >= 4 is 0 Å². The van der Waals surface area contributed by atoms with Crippen molar-refractivity contribution in [3.8, 4) is 0 Å². The summed E-state index contributed by atoms with van der Waals surface area (Å²) in [4.78, 5) is 0. The van der Waals surface area contributed by atoms with Crippen LogP contribution >= 0.6 is 0 Å². The summed E-state index contributed by atoms with van der Waals surface area (Å²) in [6, 6.07) is 0. The van der Waals surface area contributed by atoms with E-state index in [1.54, 1.807) is 0 Å². The molecule has 4 heteroatoms. The fourth-order valence-corrected chi connectivity index (χ4v) is 4.02. The Labute approximate surface area is 127 Å². The number of aromatic nitrogens is 2. The van der Waals surface area contributed by atoms with E-state index in [0.29, 0.717) is 5.92 Å². The van der Waals surface area contributed by atoms with Gasteiger partial charge in [-0.05, 0) is 70.3 Å². The minimum absolute atomic E-state index is 0.129. The molecule has 1 N–H and O–H groups in total. The molecule has 4 nitrogen and oxygen atoms in total. The van der Waals surface area contributed by atoms with Crippen LogP contribution in [0.4, 0.5) is 0 Å². The van der Waals surface area contributed by atoms with Gasteiger partial charge >= 0.3 is 0 Å². The van der Waals surface area contributed by atoms with E-state index in [2.05, 4.69) is 18.9 Å². The Morgan fingerprint density at radius 3 is 2.76 bits per heavy atom. The predicted molar refractivity (Wildman–Crippen MR) is 82.3 cm³/mol. The van der Waals surface area contributed by atoms with Crippen molar-refractivity contribution in [2.24, 2.45) is 13.0 Å². The van der Waals surface area contributed by atoms with Crippen molar-refractivity contribution in [3.63, 3.8) is 0 Å². The second-order valence-electron chi connectivity index (χ2n) is 7.02.